The summed E-state index contributed by atoms with van der Waals surface area (Å²) in [4.78, 5) is 0. The Balaban J connectivity index is 2.00. The molecule has 1 aliphatic heterocycles. The van der Waals surface area contributed by atoms with E-state index in [0.717, 1.165) is 11.3 Å². The van der Waals surface area contributed by atoms with E-state index in [0.29, 0.717) is 0 Å². The van der Waals surface area contributed by atoms with Gasteiger partial charge in [0.05, 0.1) is 20.3 Å². The molecule has 0 bridgehead atoms. The Morgan fingerprint density at radius 3 is 2.45 bits per heavy atom. The Hall–Kier alpha value is -1.22. The van der Waals surface area contributed by atoms with Crippen molar-refractivity contribution in [2.45, 2.75) is 37.3 Å². The van der Waals surface area contributed by atoms with E-state index in [1.54, 1.807) is 19.2 Å². The molecule has 0 radical (unpaired) electrons. The van der Waals surface area contributed by atoms with E-state index in [1.165, 1.54) is 7.11 Å². The van der Waals surface area contributed by atoms with Crippen molar-refractivity contribution >= 4 is 0 Å². The van der Waals surface area contributed by atoms with Crippen LogP contribution < -0.4 is 4.74 Å². The number of rotatable bonds is 7. The third-order valence-electron chi connectivity index (χ3n) is 3.63. The fraction of sp³-hybridized carbons (Fsp3) is 0.600. The van der Waals surface area contributed by atoms with Gasteiger partial charge in [0.2, 0.25) is 0 Å². The molecule has 7 nitrogen and oxygen atoms in total. The minimum absolute atomic E-state index is 0.222. The number of aliphatic hydroxyl groups excluding tert-OH is 3. The summed E-state index contributed by atoms with van der Waals surface area (Å²) in [5, 5.41) is 29.0. The molecule has 0 saturated carbocycles. The summed E-state index contributed by atoms with van der Waals surface area (Å²) in [6.45, 7) is -0.267. The van der Waals surface area contributed by atoms with Gasteiger partial charge in [0.25, 0.3) is 0 Å². The quantitative estimate of drug-likeness (QED) is 0.634. The number of aliphatic hydroxyl groups is 3. The molecule has 0 aliphatic carbocycles. The average molecular weight is 314 g/mol. The second-order valence-corrected chi connectivity index (χ2v) is 5.07. The van der Waals surface area contributed by atoms with Crippen molar-refractivity contribution in [2.75, 3.05) is 20.8 Å². The van der Waals surface area contributed by atoms with Crippen LogP contribution in [0.5, 0.6) is 5.75 Å². The summed E-state index contributed by atoms with van der Waals surface area (Å²) in [5.41, 5.74) is 0.881. The van der Waals surface area contributed by atoms with Crippen LogP contribution >= 0.6 is 0 Å². The summed E-state index contributed by atoms with van der Waals surface area (Å²) >= 11 is 0. The Morgan fingerprint density at radius 1 is 1.23 bits per heavy atom. The van der Waals surface area contributed by atoms with E-state index >= 15 is 0 Å². The number of methoxy groups -OCH3 is 2. The van der Waals surface area contributed by atoms with Gasteiger partial charge >= 0.3 is 0 Å². The highest BCUT2D eigenvalue weighted by Crippen LogP contribution is 2.27. The molecule has 1 aliphatic rings. The van der Waals surface area contributed by atoms with E-state index in [4.69, 9.17) is 24.1 Å². The first-order valence-corrected chi connectivity index (χ1v) is 7.00. The average Bonchev–Trinajstić information content (AvgIpc) is 2.88. The zero-order valence-corrected chi connectivity index (χ0v) is 12.6. The van der Waals surface area contributed by atoms with E-state index in [-0.39, 0.29) is 6.61 Å². The monoisotopic (exact) mass is 314 g/mol. The third kappa shape index (κ3) is 3.75. The number of hydrogen-bond acceptors (Lipinski definition) is 7. The first-order chi connectivity index (χ1) is 10.6. The minimum atomic E-state index is -1.16. The van der Waals surface area contributed by atoms with E-state index in [1.807, 2.05) is 12.1 Å². The Morgan fingerprint density at radius 2 is 1.91 bits per heavy atom. The van der Waals surface area contributed by atoms with Gasteiger partial charge in [-0.05, 0) is 17.7 Å². The molecule has 7 heteroatoms. The smallest absolute Gasteiger partial charge is 0.186 e. The molecule has 0 aromatic heterocycles. The molecule has 2 rings (SSSR count). The lowest BCUT2D eigenvalue weighted by molar-refractivity contribution is -0.167. The first-order valence-electron chi connectivity index (χ1n) is 7.00. The molecule has 0 spiro atoms. The van der Waals surface area contributed by atoms with Gasteiger partial charge in [-0.1, -0.05) is 12.1 Å². The topological polar surface area (TPSA) is 97.6 Å². The molecule has 124 valence electrons. The van der Waals surface area contributed by atoms with Crippen LogP contribution in [0.4, 0.5) is 0 Å². The minimum Gasteiger partial charge on any atom is -0.497 e. The van der Waals surface area contributed by atoms with E-state index in [2.05, 4.69) is 0 Å². The zero-order chi connectivity index (χ0) is 16.1. The standard InChI is InChI=1S/C15H22O7/c1-19-10-5-3-9(4-6-10)8-21-14-12(18)15(20-2)22-13(14)11(17)7-16/h3-6,11-18H,7-8H2,1-2H3/t11-,12-,13-,14+,15-/m1/s1. The maximum absolute atomic E-state index is 10.1. The van der Waals surface area contributed by atoms with Gasteiger partial charge in [-0.25, -0.2) is 0 Å². The summed E-state index contributed by atoms with van der Waals surface area (Å²) in [6, 6.07) is 7.29. The lowest BCUT2D eigenvalue weighted by Crippen LogP contribution is -2.42. The van der Waals surface area contributed by atoms with Crippen molar-refractivity contribution in [3.63, 3.8) is 0 Å². The van der Waals surface area contributed by atoms with Gasteiger partial charge in [-0.2, -0.15) is 0 Å². The van der Waals surface area contributed by atoms with Crippen molar-refractivity contribution in [3.8, 4) is 5.75 Å². The van der Waals surface area contributed by atoms with E-state index < -0.39 is 37.3 Å². The maximum Gasteiger partial charge on any atom is 0.186 e. The predicted molar refractivity (Wildman–Crippen MR) is 76.3 cm³/mol. The highest BCUT2D eigenvalue weighted by atomic mass is 16.7. The summed E-state index contributed by atoms with van der Waals surface area (Å²) in [5.74, 6) is 0.737. The predicted octanol–water partition coefficient (Wildman–Crippen LogP) is -0.334. The molecule has 1 heterocycles. The van der Waals surface area contributed by atoms with Crippen molar-refractivity contribution in [1.82, 2.24) is 0 Å². The summed E-state index contributed by atoms with van der Waals surface area (Å²) < 4.78 is 21.1. The molecular weight excluding hydrogens is 292 g/mol. The normalized spacial score (nSPS) is 29.5. The summed E-state index contributed by atoms with van der Waals surface area (Å²) in [7, 11) is 2.98. The lowest BCUT2D eigenvalue weighted by atomic mass is 10.1. The second kappa shape index (κ2) is 7.87. The van der Waals surface area contributed by atoms with Crippen molar-refractivity contribution in [2.24, 2.45) is 0 Å². The Labute approximate surface area is 129 Å². The number of benzene rings is 1. The van der Waals surface area contributed by atoms with E-state index in [9.17, 15) is 10.2 Å². The van der Waals surface area contributed by atoms with Crippen LogP contribution in [0.2, 0.25) is 0 Å². The van der Waals surface area contributed by atoms with Gasteiger partial charge in [-0.3, -0.25) is 0 Å². The van der Waals surface area contributed by atoms with Crippen LogP contribution in [-0.4, -0.2) is 66.9 Å². The van der Waals surface area contributed by atoms with Crippen LogP contribution in [-0.2, 0) is 20.8 Å². The SMILES string of the molecule is COc1ccc(CO[C@H]2[C@@H](O)[C@H](OC)O[C@@H]2[C@H](O)CO)cc1. The third-order valence-corrected chi connectivity index (χ3v) is 3.63. The zero-order valence-electron chi connectivity index (χ0n) is 12.6. The molecule has 1 saturated heterocycles. The van der Waals surface area contributed by atoms with Gasteiger partial charge in [-0.15, -0.1) is 0 Å². The first kappa shape index (κ1) is 17.1. The van der Waals surface area contributed by atoms with Crippen molar-refractivity contribution < 1.29 is 34.3 Å². The molecule has 22 heavy (non-hydrogen) atoms. The van der Waals surface area contributed by atoms with Crippen LogP contribution in [0.25, 0.3) is 0 Å². The number of hydrogen-bond donors (Lipinski definition) is 3. The van der Waals surface area contributed by atoms with Gasteiger partial charge in [0, 0.05) is 7.11 Å². The molecular formula is C15H22O7. The van der Waals surface area contributed by atoms with Crippen LogP contribution in [0.3, 0.4) is 0 Å². The second-order valence-electron chi connectivity index (χ2n) is 5.07. The highest BCUT2D eigenvalue weighted by Gasteiger charge is 2.47. The summed E-state index contributed by atoms with van der Waals surface area (Å²) in [6.07, 6.45) is -4.76. The molecule has 0 unspecified atom stereocenters. The van der Waals surface area contributed by atoms with Gasteiger partial charge < -0.3 is 34.3 Å². The molecule has 1 aromatic rings. The lowest BCUT2D eigenvalue weighted by Gasteiger charge is -2.23. The molecule has 0 amide bonds. The number of ether oxygens (including phenoxy) is 4. The van der Waals surface area contributed by atoms with Crippen LogP contribution in [0, 0.1) is 0 Å². The van der Waals surface area contributed by atoms with Gasteiger partial charge in [0.1, 0.15) is 30.2 Å². The van der Waals surface area contributed by atoms with Gasteiger partial charge in [0.15, 0.2) is 6.29 Å². The van der Waals surface area contributed by atoms with Crippen molar-refractivity contribution in [1.29, 1.82) is 0 Å². The fourth-order valence-electron chi connectivity index (χ4n) is 2.38. The van der Waals surface area contributed by atoms with Crippen LogP contribution in [0.15, 0.2) is 24.3 Å². The largest absolute Gasteiger partial charge is 0.497 e. The Kier molecular flexibility index (Phi) is 6.13. The van der Waals surface area contributed by atoms with Crippen LogP contribution in [0.1, 0.15) is 5.56 Å². The van der Waals surface area contributed by atoms with Crippen molar-refractivity contribution in [3.05, 3.63) is 29.8 Å². The Bertz CT molecular complexity index is 450. The maximum atomic E-state index is 10.1. The highest BCUT2D eigenvalue weighted by molar-refractivity contribution is 5.26. The molecule has 1 aromatic carbocycles. The fourth-order valence-corrected chi connectivity index (χ4v) is 2.38. The molecule has 1 fully saturated rings. The molecule has 3 N–H and O–H groups in total. The molecule has 5 atom stereocenters.